The molecule has 0 bridgehead atoms. The number of aromatic nitrogens is 1. The van der Waals surface area contributed by atoms with E-state index in [1.165, 1.54) is 12.8 Å². The van der Waals surface area contributed by atoms with E-state index in [4.69, 9.17) is 0 Å². The van der Waals surface area contributed by atoms with Crippen molar-refractivity contribution in [2.45, 2.75) is 46.1 Å². The van der Waals surface area contributed by atoms with Crippen LogP contribution in [0.5, 0.6) is 0 Å². The number of carbonyl (C=O) groups excluding carboxylic acids is 1. The van der Waals surface area contributed by atoms with Gasteiger partial charge in [-0.1, -0.05) is 13.0 Å². The lowest BCUT2D eigenvalue weighted by Gasteiger charge is -2.16. The Bertz CT molecular complexity index is 460. The summed E-state index contributed by atoms with van der Waals surface area (Å²) < 4.78 is 0. The minimum absolute atomic E-state index is 0.0432. The lowest BCUT2D eigenvalue weighted by Crippen LogP contribution is -2.30. The lowest BCUT2D eigenvalue weighted by molar-refractivity contribution is -0.118. The Morgan fingerprint density at radius 2 is 2.39 bits per heavy atom. The van der Waals surface area contributed by atoms with Gasteiger partial charge in [0.1, 0.15) is 5.01 Å². The molecular formula is C14H20N2OS. The fourth-order valence-electron chi connectivity index (χ4n) is 1.98. The van der Waals surface area contributed by atoms with Crippen LogP contribution >= 0.6 is 11.3 Å². The number of nitrogens with one attached hydrogen (secondary N) is 1. The molecule has 1 atom stereocenters. The number of aryl methyl sites for hydroxylation is 1. The molecule has 1 unspecified atom stereocenters. The summed E-state index contributed by atoms with van der Waals surface area (Å²) in [6.45, 7) is 5.91. The molecule has 1 fully saturated rings. The number of nitrogens with zero attached hydrogens (tertiary/aromatic N) is 1. The van der Waals surface area contributed by atoms with Gasteiger partial charge in [-0.3, -0.25) is 4.79 Å². The van der Waals surface area contributed by atoms with Gasteiger partial charge in [0, 0.05) is 16.6 Å². The highest BCUT2D eigenvalue weighted by Gasteiger charge is 2.35. The van der Waals surface area contributed by atoms with E-state index < -0.39 is 0 Å². The molecule has 0 radical (unpaired) electrons. The summed E-state index contributed by atoms with van der Waals surface area (Å²) in [5, 5.41) is 6.23. The third-order valence-electron chi connectivity index (χ3n) is 3.15. The van der Waals surface area contributed by atoms with Crippen molar-refractivity contribution in [3.8, 4) is 0 Å². The van der Waals surface area contributed by atoms with Crippen LogP contribution in [0.15, 0.2) is 17.0 Å². The summed E-state index contributed by atoms with van der Waals surface area (Å²) in [5.41, 5.74) is 1.84. The number of hydrogen-bond donors (Lipinski definition) is 1. The first-order chi connectivity index (χ1) is 8.61. The van der Waals surface area contributed by atoms with Crippen LogP contribution in [-0.2, 0) is 4.79 Å². The molecule has 1 aromatic heterocycles. The first-order valence-corrected chi connectivity index (χ1v) is 7.39. The third kappa shape index (κ3) is 3.19. The van der Waals surface area contributed by atoms with Gasteiger partial charge in [0.2, 0.25) is 5.91 Å². The molecule has 0 spiro atoms. The van der Waals surface area contributed by atoms with Crippen LogP contribution in [-0.4, -0.2) is 10.9 Å². The first-order valence-electron chi connectivity index (χ1n) is 6.51. The smallest absolute Gasteiger partial charge is 0.247 e. The fourth-order valence-corrected chi connectivity index (χ4v) is 2.92. The molecule has 1 N–H and O–H groups in total. The minimum Gasteiger partial charge on any atom is -0.343 e. The average molecular weight is 264 g/mol. The zero-order valence-electron chi connectivity index (χ0n) is 11.2. The highest BCUT2D eigenvalue weighted by Crippen LogP contribution is 2.41. The molecule has 1 amide bonds. The standard InChI is InChI=1S/C14H20N2OS/c1-4-5-9(2)13(17)16-12(11-6-7-11)14-15-10(3)8-18-14/h5,8,11-12H,4,6-7H2,1-3H3,(H,16,17)/b9-5-. The summed E-state index contributed by atoms with van der Waals surface area (Å²) in [6.07, 6.45) is 5.25. The predicted octanol–water partition coefficient (Wildman–Crippen LogP) is 3.38. The van der Waals surface area contributed by atoms with Gasteiger partial charge in [-0.25, -0.2) is 4.98 Å². The molecule has 1 aliphatic carbocycles. The Balaban J connectivity index is 2.08. The van der Waals surface area contributed by atoms with Crippen LogP contribution in [0.2, 0.25) is 0 Å². The van der Waals surface area contributed by atoms with Gasteiger partial charge in [0.15, 0.2) is 0 Å². The van der Waals surface area contributed by atoms with Gasteiger partial charge >= 0.3 is 0 Å². The minimum atomic E-state index is 0.0432. The van der Waals surface area contributed by atoms with E-state index in [9.17, 15) is 4.79 Å². The van der Waals surface area contributed by atoms with Crippen LogP contribution in [0, 0.1) is 12.8 Å². The highest BCUT2D eigenvalue weighted by molar-refractivity contribution is 7.09. The largest absolute Gasteiger partial charge is 0.343 e. The number of hydrogen-bond acceptors (Lipinski definition) is 3. The van der Waals surface area contributed by atoms with Crippen LogP contribution in [0.25, 0.3) is 0 Å². The lowest BCUT2D eigenvalue weighted by atomic mass is 10.1. The van der Waals surface area contributed by atoms with Crippen LogP contribution in [0.1, 0.15) is 49.9 Å². The Hall–Kier alpha value is -1.16. The zero-order valence-corrected chi connectivity index (χ0v) is 12.0. The van der Waals surface area contributed by atoms with Gasteiger partial charge in [0.05, 0.1) is 6.04 Å². The summed E-state index contributed by atoms with van der Waals surface area (Å²) in [6, 6.07) is 0.108. The van der Waals surface area contributed by atoms with Crippen molar-refractivity contribution in [3.63, 3.8) is 0 Å². The van der Waals surface area contributed by atoms with Crippen LogP contribution in [0.4, 0.5) is 0 Å². The third-order valence-corrected chi connectivity index (χ3v) is 4.20. The van der Waals surface area contributed by atoms with E-state index in [0.29, 0.717) is 5.92 Å². The zero-order chi connectivity index (χ0) is 13.1. The van der Waals surface area contributed by atoms with E-state index in [1.54, 1.807) is 11.3 Å². The van der Waals surface area contributed by atoms with Crippen LogP contribution in [0.3, 0.4) is 0 Å². The number of rotatable bonds is 5. The quantitative estimate of drug-likeness (QED) is 0.828. The van der Waals surface area contributed by atoms with E-state index >= 15 is 0 Å². The summed E-state index contributed by atoms with van der Waals surface area (Å²) in [7, 11) is 0. The molecule has 1 aliphatic rings. The van der Waals surface area contributed by atoms with Crippen molar-refractivity contribution in [1.82, 2.24) is 10.3 Å². The Morgan fingerprint density at radius 1 is 1.67 bits per heavy atom. The Kier molecular flexibility index (Phi) is 4.17. The Labute approximate surface area is 112 Å². The molecule has 4 heteroatoms. The second-order valence-corrected chi connectivity index (χ2v) is 5.80. The molecule has 1 aromatic rings. The van der Waals surface area contributed by atoms with Gasteiger partial charge < -0.3 is 5.32 Å². The monoisotopic (exact) mass is 264 g/mol. The van der Waals surface area contributed by atoms with Crippen molar-refractivity contribution in [1.29, 1.82) is 0 Å². The normalized spacial score (nSPS) is 17.6. The second-order valence-electron chi connectivity index (χ2n) is 4.91. The number of allylic oxidation sites excluding steroid dienone is 1. The maximum absolute atomic E-state index is 12.1. The van der Waals surface area contributed by atoms with E-state index in [2.05, 4.69) is 10.3 Å². The van der Waals surface area contributed by atoms with E-state index in [1.807, 2.05) is 32.2 Å². The topological polar surface area (TPSA) is 42.0 Å². The molecule has 98 valence electrons. The number of thiazole rings is 1. The van der Waals surface area contributed by atoms with E-state index in [0.717, 1.165) is 22.7 Å². The van der Waals surface area contributed by atoms with E-state index in [-0.39, 0.29) is 11.9 Å². The van der Waals surface area contributed by atoms with Gasteiger partial charge in [-0.15, -0.1) is 11.3 Å². The molecule has 1 saturated carbocycles. The molecular weight excluding hydrogens is 244 g/mol. The SMILES string of the molecule is CC/C=C(/C)C(=O)NC(c1nc(C)cs1)C1CC1. The van der Waals surface area contributed by atoms with Crippen molar-refractivity contribution in [3.05, 3.63) is 27.7 Å². The first kappa shape index (κ1) is 13.3. The molecule has 0 saturated heterocycles. The summed E-state index contributed by atoms with van der Waals surface area (Å²) >= 11 is 1.65. The fraction of sp³-hybridized carbons (Fsp3) is 0.571. The second kappa shape index (κ2) is 5.65. The number of amides is 1. The Morgan fingerprint density at radius 3 is 2.89 bits per heavy atom. The van der Waals surface area contributed by atoms with Crippen LogP contribution < -0.4 is 5.32 Å². The number of carbonyl (C=O) groups is 1. The van der Waals surface area contributed by atoms with Crippen molar-refractivity contribution < 1.29 is 4.79 Å². The van der Waals surface area contributed by atoms with Gasteiger partial charge in [-0.2, -0.15) is 0 Å². The maximum atomic E-state index is 12.1. The molecule has 18 heavy (non-hydrogen) atoms. The van der Waals surface area contributed by atoms with Crippen molar-refractivity contribution in [2.75, 3.05) is 0 Å². The average Bonchev–Trinajstić information content (AvgIpc) is 3.08. The predicted molar refractivity (Wildman–Crippen MR) is 74.5 cm³/mol. The van der Waals surface area contributed by atoms with Gasteiger partial charge in [-0.05, 0) is 39.0 Å². The molecule has 1 heterocycles. The molecule has 3 nitrogen and oxygen atoms in total. The molecule has 2 rings (SSSR count). The maximum Gasteiger partial charge on any atom is 0.247 e. The van der Waals surface area contributed by atoms with Gasteiger partial charge in [0.25, 0.3) is 0 Å². The van der Waals surface area contributed by atoms with Crippen molar-refractivity contribution >= 4 is 17.2 Å². The summed E-state index contributed by atoms with van der Waals surface area (Å²) in [4.78, 5) is 16.6. The summed E-state index contributed by atoms with van der Waals surface area (Å²) in [5.74, 6) is 0.621. The highest BCUT2D eigenvalue weighted by atomic mass is 32.1. The van der Waals surface area contributed by atoms with Crippen molar-refractivity contribution in [2.24, 2.45) is 5.92 Å². The molecule has 0 aromatic carbocycles. The molecule has 0 aliphatic heterocycles.